The van der Waals surface area contributed by atoms with Gasteiger partial charge in [-0.15, -0.1) is 0 Å². The Morgan fingerprint density at radius 1 is 0.370 bits per heavy atom. The zero-order valence-electron chi connectivity index (χ0n) is 49.6. The summed E-state index contributed by atoms with van der Waals surface area (Å²) in [5.74, 6) is -0.0175. The maximum absolute atomic E-state index is 12.5. The molecule has 73 heavy (non-hydrogen) atoms. The van der Waals surface area contributed by atoms with E-state index in [0.717, 1.165) is 44.9 Å². The molecule has 0 radical (unpaired) electrons. The molecule has 0 aliphatic heterocycles. The Kier molecular flexibility index (Phi) is 61.9. The van der Waals surface area contributed by atoms with Gasteiger partial charge in [0.1, 0.15) is 0 Å². The van der Waals surface area contributed by atoms with Gasteiger partial charge in [0.05, 0.1) is 25.4 Å². The lowest BCUT2D eigenvalue weighted by Crippen LogP contribution is -2.45. The summed E-state index contributed by atoms with van der Waals surface area (Å²) in [5, 5.41) is 23.3. The maximum atomic E-state index is 12.5. The third-order valence-corrected chi connectivity index (χ3v) is 15.8. The molecule has 0 aromatic rings. The Morgan fingerprint density at radius 2 is 0.644 bits per heavy atom. The number of nitrogens with one attached hydrogen (secondary N) is 1. The first-order chi connectivity index (χ1) is 36.0. The first-order valence-corrected chi connectivity index (χ1v) is 33.4. The van der Waals surface area contributed by atoms with Crippen molar-refractivity contribution in [3.63, 3.8) is 0 Å². The molecule has 0 fully saturated rings. The van der Waals surface area contributed by atoms with E-state index in [2.05, 4.69) is 31.3 Å². The van der Waals surface area contributed by atoms with Crippen molar-refractivity contribution in [3.8, 4) is 0 Å². The number of allylic oxidation sites excluding steroid dienone is 2. The molecular weight excluding hydrogens is 899 g/mol. The predicted molar refractivity (Wildman–Crippen MR) is 320 cm³/mol. The number of amides is 1. The van der Waals surface area contributed by atoms with E-state index in [-0.39, 0.29) is 18.5 Å². The Hall–Kier alpha value is -1.40. The van der Waals surface area contributed by atoms with E-state index in [1.807, 2.05) is 0 Å². The highest BCUT2D eigenvalue weighted by Crippen LogP contribution is 2.19. The molecule has 0 aliphatic rings. The van der Waals surface area contributed by atoms with Crippen LogP contribution in [0, 0.1) is 0 Å². The third-order valence-electron chi connectivity index (χ3n) is 15.8. The van der Waals surface area contributed by atoms with Gasteiger partial charge in [0.25, 0.3) is 0 Å². The Balaban J connectivity index is 3.31. The summed E-state index contributed by atoms with van der Waals surface area (Å²) >= 11 is 0. The molecule has 0 aromatic heterocycles. The number of aliphatic hydroxyl groups is 2. The predicted octanol–water partition coefficient (Wildman–Crippen LogP) is 21.2. The molecule has 3 N–H and O–H groups in total. The Bertz CT molecular complexity index is 1100. The fraction of sp³-hybridized carbons (Fsp3) is 0.940. The van der Waals surface area contributed by atoms with Crippen LogP contribution in [0.15, 0.2) is 12.2 Å². The first-order valence-electron chi connectivity index (χ1n) is 33.4. The van der Waals surface area contributed by atoms with Crippen LogP contribution in [0.1, 0.15) is 380 Å². The van der Waals surface area contributed by atoms with E-state index in [4.69, 9.17) is 4.74 Å². The van der Waals surface area contributed by atoms with Gasteiger partial charge in [0.15, 0.2) is 0 Å². The van der Waals surface area contributed by atoms with E-state index >= 15 is 0 Å². The largest absolute Gasteiger partial charge is 0.466 e. The molecule has 434 valence electrons. The molecule has 0 aliphatic carbocycles. The maximum Gasteiger partial charge on any atom is 0.305 e. The lowest BCUT2D eigenvalue weighted by molar-refractivity contribution is -0.143. The fourth-order valence-corrected chi connectivity index (χ4v) is 10.7. The highest BCUT2D eigenvalue weighted by atomic mass is 16.5. The number of unbranched alkanes of at least 4 members (excludes halogenated alkanes) is 50. The van der Waals surface area contributed by atoms with Gasteiger partial charge in [-0.1, -0.05) is 328 Å². The first kappa shape index (κ1) is 71.6. The SMILES string of the molecule is CCCCCC/C=C\CCCCCCCC(=O)OCCCCCCCCCCCCCCCCCCCCCCCCCCCCCCCCC(=O)NC(CO)C(O)CCCCCCCCCCCCCCC. The van der Waals surface area contributed by atoms with Crippen molar-refractivity contribution < 1.29 is 24.5 Å². The molecule has 2 atom stereocenters. The molecule has 0 heterocycles. The number of carbonyl (C=O) groups excluding carboxylic acids is 2. The van der Waals surface area contributed by atoms with E-state index in [9.17, 15) is 19.8 Å². The minimum absolute atomic E-state index is 0.0114. The molecule has 0 aromatic carbocycles. The van der Waals surface area contributed by atoms with Crippen LogP contribution in [0.3, 0.4) is 0 Å². The minimum atomic E-state index is -0.660. The summed E-state index contributed by atoms with van der Waals surface area (Å²) in [4.78, 5) is 24.5. The molecule has 6 nitrogen and oxygen atoms in total. The van der Waals surface area contributed by atoms with Crippen LogP contribution in [-0.2, 0) is 14.3 Å². The standard InChI is InChI=1S/C67H131NO5/c1-3-5-7-9-11-13-15-35-39-43-47-51-55-59-65(70)64(63-69)68-66(71)60-56-52-48-44-40-37-33-31-29-27-25-23-21-19-17-18-20-22-24-26-28-30-32-34-38-42-46-50-54-58-62-73-67(72)61-57-53-49-45-41-36-16-14-12-10-8-6-4-2/h14,16,64-65,69-70H,3-13,15,17-63H2,1-2H3,(H,68,71)/b16-14-. The molecule has 0 saturated heterocycles. The Morgan fingerprint density at radius 3 is 0.986 bits per heavy atom. The highest BCUT2D eigenvalue weighted by molar-refractivity contribution is 5.76. The smallest absolute Gasteiger partial charge is 0.305 e. The topological polar surface area (TPSA) is 95.9 Å². The van der Waals surface area contributed by atoms with Crippen molar-refractivity contribution in [3.05, 3.63) is 12.2 Å². The minimum Gasteiger partial charge on any atom is -0.466 e. The van der Waals surface area contributed by atoms with Crippen molar-refractivity contribution in [1.29, 1.82) is 0 Å². The second-order valence-corrected chi connectivity index (χ2v) is 23.2. The quantitative estimate of drug-likeness (QED) is 0.0320. The van der Waals surface area contributed by atoms with Gasteiger partial charge in [-0.3, -0.25) is 9.59 Å². The molecule has 0 saturated carbocycles. The number of esters is 1. The fourth-order valence-electron chi connectivity index (χ4n) is 10.7. The Labute approximate surface area is 457 Å². The van der Waals surface area contributed by atoms with Crippen LogP contribution in [0.25, 0.3) is 0 Å². The monoisotopic (exact) mass is 1030 g/mol. The number of carbonyl (C=O) groups is 2. The lowest BCUT2D eigenvalue weighted by atomic mass is 10.0. The van der Waals surface area contributed by atoms with Gasteiger partial charge in [0.2, 0.25) is 5.91 Å². The normalized spacial score (nSPS) is 12.5. The number of aliphatic hydroxyl groups excluding tert-OH is 2. The van der Waals surface area contributed by atoms with Crippen molar-refractivity contribution in [2.24, 2.45) is 0 Å². The molecule has 0 bridgehead atoms. The lowest BCUT2D eigenvalue weighted by Gasteiger charge is -2.22. The van der Waals surface area contributed by atoms with Crippen LogP contribution in [-0.4, -0.2) is 47.4 Å². The van der Waals surface area contributed by atoms with E-state index < -0.39 is 12.1 Å². The summed E-state index contributed by atoms with van der Waals surface area (Å²) < 4.78 is 5.48. The number of rotatable bonds is 63. The van der Waals surface area contributed by atoms with Crippen molar-refractivity contribution in [2.75, 3.05) is 13.2 Å². The van der Waals surface area contributed by atoms with Crippen LogP contribution >= 0.6 is 0 Å². The summed E-state index contributed by atoms with van der Waals surface area (Å²) in [6, 6.07) is -0.537. The highest BCUT2D eigenvalue weighted by Gasteiger charge is 2.20. The average molecular weight is 1030 g/mol. The van der Waals surface area contributed by atoms with Crippen molar-refractivity contribution in [2.45, 2.75) is 392 Å². The van der Waals surface area contributed by atoms with Gasteiger partial charge in [-0.2, -0.15) is 0 Å². The summed E-state index contributed by atoms with van der Waals surface area (Å²) in [6.07, 6.45) is 76.8. The summed E-state index contributed by atoms with van der Waals surface area (Å²) in [7, 11) is 0. The van der Waals surface area contributed by atoms with Gasteiger partial charge < -0.3 is 20.3 Å². The molecular formula is C67H131NO5. The van der Waals surface area contributed by atoms with Gasteiger partial charge in [-0.25, -0.2) is 0 Å². The zero-order chi connectivity index (χ0) is 52.9. The number of ether oxygens (including phenoxy) is 1. The second kappa shape index (κ2) is 63.1. The molecule has 6 heteroatoms. The molecule has 0 spiro atoms. The van der Waals surface area contributed by atoms with Gasteiger partial charge in [-0.05, 0) is 51.4 Å². The van der Waals surface area contributed by atoms with Crippen molar-refractivity contribution in [1.82, 2.24) is 5.32 Å². The van der Waals surface area contributed by atoms with E-state index in [0.29, 0.717) is 25.9 Å². The molecule has 1 amide bonds. The average Bonchev–Trinajstić information content (AvgIpc) is 3.39. The van der Waals surface area contributed by atoms with Crippen LogP contribution in [0.2, 0.25) is 0 Å². The molecule has 2 unspecified atom stereocenters. The zero-order valence-corrected chi connectivity index (χ0v) is 49.6. The van der Waals surface area contributed by atoms with Crippen LogP contribution < -0.4 is 5.32 Å². The van der Waals surface area contributed by atoms with Crippen LogP contribution in [0.5, 0.6) is 0 Å². The molecule has 0 rings (SSSR count). The van der Waals surface area contributed by atoms with Crippen molar-refractivity contribution >= 4 is 11.9 Å². The summed E-state index contributed by atoms with van der Waals surface area (Å²) in [6.45, 7) is 4.96. The van der Waals surface area contributed by atoms with Gasteiger partial charge in [0, 0.05) is 12.8 Å². The van der Waals surface area contributed by atoms with Crippen LogP contribution in [0.4, 0.5) is 0 Å². The summed E-state index contributed by atoms with van der Waals surface area (Å²) in [5.41, 5.74) is 0. The number of hydrogen-bond donors (Lipinski definition) is 3. The third kappa shape index (κ3) is 59.7. The van der Waals surface area contributed by atoms with E-state index in [1.165, 1.54) is 302 Å². The second-order valence-electron chi connectivity index (χ2n) is 23.2. The van der Waals surface area contributed by atoms with Gasteiger partial charge >= 0.3 is 5.97 Å². The number of hydrogen-bond acceptors (Lipinski definition) is 5. The van der Waals surface area contributed by atoms with E-state index in [1.54, 1.807) is 0 Å².